The second kappa shape index (κ2) is 9.47. The molecule has 0 aromatic heterocycles. The fraction of sp³-hybridized carbons (Fsp3) is 0.300. The number of aryl methyl sites for hydroxylation is 1. The first-order valence-electron chi connectivity index (χ1n) is 8.50. The lowest BCUT2D eigenvalue weighted by atomic mass is 10.1. The molecule has 0 fully saturated rings. The lowest BCUT2D eigenvalue weighted by molar-refractivity contribution is -0.114. The minimum absolute atomic E-state index is 0.0721. The first-order chi connectivity index (χ1) is 12.1. The topological polar surface area (TPSA) is 65.5 Å². The van der Waals surface area contributed by atoms with Crippen molar-refractivity contribution in [1.29, 1.82) is 0 Å². The van der Waals surface area contributed by atoms with E-state index in [1.165, 1.54) is 18.1 Å². The van der Waals surface area contributed by atoms with Crippen molar-refractivity contribution in [3.63, 3.8) is 0 Å². The minimum atomic E-state index is -0.0721. The van der Waals surface area contributed by atoms with Crippen LogP contribution in [-0.4, -0.2) is 18.9 Å². The SMILES string of the molecule is CCc1ccccc1CNC(=NC)NCc1cccc(NC(C)=O)c1. The fourth-order valence-corrected chi connectivity index (χ4v) is 2.62. The molecule has 0 saturated heterocycles. The number of amides is 1. The minimum Gasteiger partial charge on any atom is -0.352 e. The molecule has 0 atom stereocenters. The predicted octanol–water partition coefficient (Wildman–Crippen LogP) is 3.07. The van der Waals surface area contributed by atoms with E-state index in [-0.39, 0.29) is 5.91 Å². The summed E-state index contributed by atoms with van der Waals surface area (Å²) in [6.45, 7) is 5.02. The van der Waals surface area contributed by atoms with E-state index in [4.69, 9.17) is 0 Å². The summed E-state index contributed by atoms with van der Waals surface area (Å²) in [5.74, 6) is 0.674. The van der Waals surface area contributed by atoms with Gasteiger partial charge in [0.25, 0.3) is 0 Å². The van der Waals surface area contributed by atoms with Crippen LogP contribution in [0.3, 0.4) is 0 Å². The molecule has 0 unspecified atom stereocenters. The van der Waals surface area contributed by atoms with E-state index in [0.717, 1.165) is 30.2 Å². The Morgan fingerprint density at radius 1 is 1.00 bits per heavy atom. The van der Waals surface area contributed by atoms with Gasteiger partial charge in [-0.15, -0.1) is 0 Å². The summed E-state index contributed by atoms with van der Waals surface area (Å²) in [4.78, 5) is 15.4. The molecule has 0 aliphatic carbocycles. The number of rotatable bonds is 6. The average molecular weight is 338 g/mol. The third-order valence-corrected chi connectivity index (χ3v) is 3.88. The number of nitrogens with one attached hydrogen (secondary N) is 3. The van der Waals surface area contributed by atoms with E-state index < -0.39 is 0 Å². The Morgan fingerprint density at radius 3 is 2.40 bits per heavy atom. The molecule has 0 aliphatic heterocycles. The van der Waals surface area contributed by atoms with Crippen molar-refractivity contribution in [2.45, 2.75) is 33.4 Å². The lowest BCUT2D eigenvalue weighted by Gasteiger charge is -2.14. The molecule has 25 heavy (non-hydrogen) atoms. The van der Waals surface area contributed by atoms with Gasteiger partial charge in [0.05, 0.1) is 0 Å². The smallest absolute Gasteiger partial charge is 0.221 e. The Hall–Kier alpha value is -2.82. The molecule has 0 heterocycles. The maximum atomic E-state index is 11.2. The molecule has 1 amide bonds. The molecule has 2 rings (SSSR count). The van der Waals surface area contributed by atoms with E-state index in [9.17, 15) is 4.79 Å². The van der Waals surface area contributed by atoms with Crippen molar-refractivity contribution in [3.8, 4) is 0 Å². The van der Waals surface area contributed by atoms with E-state index in [2.05, 4.69) is 52.1 Å². The van der Waals surface area contributed by atoms with E-state index in [1.807, 2.05) is 24.3 Å². The normalized spacial score (nSPS) is 11.1. The zero-order valence-corrected chi connectivity index (χ0v) is 15.1. The van der Waals surface area contributed by atoms with Gasteiger partial charge in [0.1, 0.15) is 0 Å². The zero-order chi connectivity index (χ0) is 18.1. The van der Waals surface area contributed by atoms with Crippen molar-refractivity contribution < 1.29 is 4.79 Å². The van der Waals surface area contributed by atoms with Gasteiger partial charge in [0, 0.05) is 32.7 Å². The van der Waals surface area contributed by atoms with Crippen LogP contribution >= 0.6 is 0 Å². The maximum absolute atomic E-state index is 11.2. The summed E-state index contributed by atoms with van der Waals surface area (Å²) < 4.78 is 0. The highest BCUT2D eigenvalue weighted by molar-refractivity contribution is 5.88. The Morgan fingerprint density at radius 2 is 1.72 bits per heavy atom. The molecule has 2 aromatic rings. The molecule has 5 nitrogen and oxygen atoms in total. The number of carbonyl (C=O) groups is 1. The molecule has 2 aromatic carbocycles. The average Bonchev–Trinajstić information content (AvgIpc) is 2.62. The van der Waals surface area contributed by atoms with Gasteiger partial charge >= 0.3 is 0 Å². The summed E-state index contributed by atoms with van der Waals surface area (Å²) in [6.07, 6.45) is 1.01. The number of aliphatic imine (C=N–C) groups is 1. The lowest BCUT2D eigenvalue weighted by Crippen LogP contribution is -2.36. The number of hydrogen-bond donors (Lipinski definition) is 3. The Bertz CT molecular complexity index is 740. The highest BCUT2D eigenvalue weighted by Gasteiger charge is 2.03. The number of benzene rings is 2. The van der Waals surface area contributed by atoms with E-state index >= 15 is 0 Å². The van der Waals surface area contributed by atoms with Crippen LogP contribution < -0.4 is 16.0 Å². The summed E-state index contributed by atoms with van der Waals surface area (Å²) in [5.41, 5.74) is 4.49. The van der Waals surface area contributed by atoms with Crippen molar-refractivity contribution in [2.75, 3.05) is 12.4 Å². The Labute approximate surface area is 149 Å². The van der Waals surface area contributed by atoms with Crippen LogP contribution in [0.2, 0.25) is 0 Å². The Kier molecular flexibility index (Phi) is 7.01. The highest BCUT2D eigenvalue weighted by Crippen LogP contribution is 2.11. The molecule has 5 heteroatoms. The van der Waals surface area contributed by atoms with Crippen LogP contribution in [-0.2, 0) is 24.3 Å². The van der Waals surface area contributed by atoms with E-state index in [1.54, 1.807) is 7.05 Å². The molecule has 3 N–H and O–H groups in total. The van der Waals surface area contributed by atoms with Crippen molar-refractivity contribution >= 4 is 17.6 Å². The van der Waals surface area contributed by atoms with Gasteiger partial charge in [-0.25, -0.2) is 0 Å². The molecule has 0 radical (unpaired) electrons. The molecule has 0 bridgehead atoms. The molecule has 0 aliphatic rings. The van der Waals surface area contributed by atoms with Gasteiger partial charge in [-0.05, 0) is 35.2 Å². The highest BCUT2D eigenvalue weighted by atomic mass is 16.1. The van der Waals surface area contributed by atoms with E-state index in [0.29, 0.717) is 6.54 Å². The maximum Gasteiger partial charge on any atom is 0.221 e. The summed E-state index contributed by atoms with van der Waals surface area (Å²) in [6, 6.07) is 16.2. The molecule has 132 valence electrons. The Balaban J connectivity index is 1.91. The van der Waals surface area contributed by atoms with Crippen LogP contribution in [0.25, 0.3) is 0 Å². The van der Waals surface area contributed by atoms with Crippen LogP contribution in [0.5, 0.6) is 0 Å². The molecule has 0 saturated carbocycles. The van der Waals surface area contributed by atoms with Gasteiger partial charge in [-0.2, -0.15) is 0 Å². The first-order valence-corrected chi connectivity index (χ1v) is 8.50. The number of guanidine groups is 1. The number of carbonyl (C=O) groups excluding carboxylic acids is 1. The van der Waals surface area contributed by atoms with Gasteiger partial charge in [-0.3, -0.25) is 9.79 Å². The summed E-state index contributed by atoms with van der Waals surface area (Å²) >= 11 is 0. The quantitative estimate of drug-likeness (QED) is 0.560. The van der Waals surface area contributed by atoms with Crippen LogP contribution in [0, 0.1) is 0 Å². The van der Waals surface area contributed by atoms with Gasteiger partial charge in [-0.1, -0.05) is 43.3 Å². The number of anilines is 1. The van der Waals surface area contributed by atoms with Gasteiger partial charge in [0.2, 0.25) is 5.91 Å². The third kappa shape index (κ3) is 5.95. The monoisotopic (exact) mass is 338 g/mol. The summed E-state index contributed by atoms with van der Waals surface area (Å²) in [7, 11) is 1.76. The molecule has 0 spiro atoms. The second-order valence-corrected chi connectivity index (χ2v) is 5.78. The molecular weight excluding hydrogens is 312 g/mol. The molecular formula is C20H26N4O. The van der Waals surface area contributed by atoms with Crippen LogP contribution in [0.4, 0.5) is 5.69 Å². The van der Waals surface area contributed by atoms with Gasteiger partial charge in [0.15, 0.2) is 5.96 Å². The number of hydrogen-bond acceptors (Lipinski definition) is 2. The third-order valence-electron chi connectivity index (χ3n) is 3.88. The standard InChI is InChI=1S/C20H26N4O/c1-4-17-9-5-6-10-18(17)14-23-20(21-3)22-13-16-8-7-11-19(12-16)24-15(2)25/h5-12H,4,13-14H2,1-3H3,(H,24,25)(H2,21,22,23). The summed E-state index contributed by atoms with van der Waals surface area (Å²) in [5, 5.41) is 9.44. The predicted molar refractivity (Wildman–Crippen MR) is 104 cm³/mol. The largest absolute Gasteiger partial charge is 0.352 e. The fourth-order valence-electron chi connectivity index (χ4n) is 2.62. The zero-order valence-electron chi connectivity index (χ0n) is 15.1. The van der Waals surface area contributed by atoms with Crippen molar-refractivity contribution in [1.82, 2.24) is 10.6 Å². The van der Waals surface area contributed by atoms with Crippen LogP contribution in [0.1, 0.15) is 30.5 Å². The van der Waals surface area contributed by atoms with Crippen molar-refractivity contribution in [2.24, 2.45) is 4.99 Å². The first kappa shape index (κ1) is 18.5. The number of nitrogens with zero attached hydrogens (tertiary/aromatic N) is 1. The second-order valence-electron chi connectivity index (χ2n) is 5.78. The van der Waals surface area contributed by atoms with Crippen molar-refractivity contribution in [3.05, 3.63) is 65.2 Å². The van der Waals surface area contributed by atoms with Gasteiger partial charge < -0.3 is 16.0 Å². The van der Waals surface area contributed by atoms with Crippen LogP contribution in [0.15, 0.2) is 53.5 Å².